The second-order valence-electron chi connectivity index (χ2n) is 7.36. The Labute approximate surface area is 166 Å². The Morgan fingerprint density at radius 3 is 1.93 bits per heavy atom. The minimum Gasteiger partial charge on any atom is -0.508 e. The maximum atomic E-state index is 9.49. The molecule has 3 aromatic carbocycles. The number of hydrogen-bond acceptors (Lipinski definition) is 4. The molecule has 0 spiro atoms. The van der Waals surface area contributed by atoms with E-state index in [-0.39, 0.29) is 11.2 Å². The van der Waals surface area contributed by atoms with Crippen LogP contribution in [-0.2, 0) is 11.8 Å². The van der Waals surface area contributed by atoms with Crippen molar-refractivity contribution < 1.29 is 19.3 Å². The number of benzene rings is 3. The van der Waals surface area contributed by atoms with Gasteiger partial charge in [-0.2, -0.15) is 0 Å². The Morgan fingerprint density at radius 2 is 1.32 bits per heavy atom. The lowest BCUT2D eigenvalue weighted by atomic mass is 9.79. The molecule has 0 saturated carbocycles. The first-order valence-electron chi connectivity index (χ1n) is 9.19. The van der Waals surface area contributed by atoms with Crippen LogP contribution in [0.15, 0.2) is 66.7 Å². The van der Waals surface area contributed by atoms with Crippen molar-refractivity contribution >= 4 is 0 Å². The van der Waals surface area contributed by atoms with Gasteiger partial charge in [-0.25, -0.2) is 0 Å². The van der Waals surface area contributed by atoms with Crippen molar-refractivity contribution in [3.8, 4) is 28.7 Å². The van der Waals surface area contributed by atoms with Crippen LogP contribution in [0.1, 0.15) is 25.0 Å². The molecule has 0 bridgehead atoms. The van der Waals surface area contributed by atoms with Crippen LogP contribution in [0.3, 0.4) is 0 Å². The Balaban J connectivity index is 1.90. The summed E-state index contributed by atoms with van der Waals surface area (Å²) in [5.74, 6) is 3.19. The fourth-order valence-corrected chi connectivity index (χ4v) is 3.16. The minimum absolute atomic E-state index is 0.103. The first-order valence-corrected chi connectivity index (χ1v) is 9.19. The third-order valence-electron chi connectivity index (χ3n) is 4.84. The van der Waals surface area contributed by atoms with Gasteiger partial charge in [0, 0.05) is 6.07 Å². The summed E-state index contributed by atoms with van der Waals surface area (Å²) in [6.07, 6.45) is 0.788. The van der Waals surface area contributed by atoms with Crippen LogP contribution in [0.2, 0.25) is 0 Å². The maximum absolute atomic E-state index is 9.49. The van der Waals surface area contributed by atoms with Gasteiger partial charge in [0.25, 0.3) is 0 Å². The molecule has 0 aliphatic carbocycles. The van der Waals surface area contributed by atoms with Gasteiger partial charge in [0.2, 0.25) is 0 Å². The molecule has 0 heterocycles. The number of aromatic hydroxyl groups is 1. The molecule has 0 aliphatic heterocycles. The lowest BCUT2D eigenvalue weighted by Gasteiger charge is -2.27. The molecule has 28 heavy (non-hydrogen) atoms. The first kappa shape index (κ1) is 19.6. The molecule has 3 aromatic rings. The normalized spacial score (nSPS) is 11.1. The van der Waals surface area contributed by atoms with Gasteiger partial charge in [-0.1, -0.05) is 32.0 Å². The molecule has 0 atom stereocenters. The van der Waals surface area contributed by atoms with Crippen LogP contribution >= 0.6 is 0 Å². The fraction of sp³-hybridized carbons (Fsp3) is 0.250. The van der Waals surface area contributed by atoms with Crippen molar-refractivity contribution in [2.24, 2.45) is 0 Å². The van der Waals surface area contributed by atoms with E-state index in [0.29, 0.717) is 5.75 Å². The predicted molar refractivity (Wildman–Crippen MR) is 111 cm³/mol. The monoisotopic (exact) mass is 378 g/mol. The van der Waals surface area contributed by atoms with E-state index < -0.39 is 0 Å². The smallest absolute Gasteiger partial charge is 0.134 e. The Morgan fingerprint density at radius 1 is 0.750 bits per heavy atom. The van der Waals surface area contributed by atoms with E-state index in [2.05, 4.69) is 26.0 Å². The molecule has 0 aromatic heterocycles. The van der Waals surface area contributed by atoms with Crippen molar-refractivity contribution in [2.45, 2.75) is 25.7 Å². The van der Waals surface area contributed by atoms with Gasteiger partial charge in [-0.3, -0.25) is 0 Å². The SMILES string of the molecule is COc1ccc(C(C)(C)Cc2ccc(OC)cc2Oc2ccc(O)cc2)cc1. The lowest BCUT2D eigenvalue weighted by molar-refractivity contribution is 0.405. The molecule has 4 heteroatoms. The third-order valence-corrected chi connectivity index (χ3v) is 4.84. The summed E-state index contributed by atoms with van der Waals surface area (Å²) in [4.78, 5) is 0. The van der Waals surface area contributed by atoms with Crippen LogP contribution in [0.5, 0.6) is 28.7 Å². The highest BCUT2D eigenvalue weighted by atomic mass is 16.5. The van der Waals surface area contributed by atoms with Gasteiger partial charge in [-0.05, 0) is 65.4 Å². The Kier molecular flexibility index (Phi) is 5.78. The molecule has 0 unspecified atom stereocenters. The van der Waals surface area contributed by atoms with Crippen LogP contribution in [0.4, 0.5) is 0 Å². The number of rotatable bonds is 7. The minimum atomic E-state index is -0.103. The average molecular weight is 378 g/mol. The zero-order chi connectivity index (χ0) is 20.1. The number of methoxy groups -OCH3 is 2. The van der Waals surface area contributed by atoms with Gasteiger partial charge >= 0.3 is 0 Å². The zero-order valence-electron chi connectivity index (χ0n) is 16.7. The van der Waals surface area contributed by atoms with Crippen molar-refractivity contribution in [1.29, 1.82) is 0 Å². The van der Waals surface area contributed by atoms with Gasteiger partial charge in [0.05, 0.1) is 14.2 Å². The summed E-state index contributed by atoms with van der Waals surface area (Å²) >= 11 is 0. The molecule has 146 valence electrons. The Bertz CT molecular complexity index is 912. The predicted octanol–water partition coefficient (Wildman–Crippen LogP) is 5.72. The molecular formula is C24H26O4. The maximum Gasteiger partial charge on any atom is 0.134 e. The highest BCUT2D eigenvalue weighted by molar-refractivity contribution is 5.46. The van der Waals surface area contributed by atoms with Crippen molar-refractivity contribution in [1.82, 2.24) is 0 Å². The van der Waals surface area contributed by atoms with Crippen LogP contribution in [0, 0.1) is 0 Å². The number of phenolic OH excluding ortho intramolecular Hbond substituents is 1. The molecule has 4 nitrogen and oxygen atoms in total. The van der Waals surface area contributed by atoms with Crippen molar-refractivity contribution in [3.63, 3.8) is 0 Å². The van der Waals surface area contributed by atoms with E-state index in [4.69, 9.17) is 14.2 Å². The van der Waals surface area contributed by atoms with Gasteiger partial charge in [0.15, 0.2) is 0 Å². The van der Waals surface area contributed by atoms with E-state index in [1.54, 1.807) is 38.5 Å². The average Bonchev–Trinajstić information content (AvgIpc) is 2.71. The summed E-state index contributed by atoms with van der Waals surface area (Å²) < 4.78 is 16.8. The third kappa shape index (κ3) is 4.58. The summed E-state index contributed by atoms with van der Waals surface area (Å²) in [6.45, 7) is 4.42. The van der Waals surface area contributed by atoms with Crippen molar-refractivity contribution in [3.05, 3.63) is 77.9 Å². The second-order valence-corrected chi connectivity index (χ2v) is 7.36. The van der Waals surface area contributed by atoms with E-state index in [0.717, 1.165) is 29.2 Å². The summed E-state index contributed by atoms with van der Waals surface area (Å²) in [5.41, 5.74) is 2.20. The van der Waals surface area contributed by atoms with E-state index in [9.17, 15) is 5.11 Å². The molecule has 0 fully saturated rings. The van der Waals surface area contributed by atoms with E-state index in [1.165, 1.54) is 5.56 Å². The standard InChI is InChI=1S/C24H26O4/c1-24(2,18-6-11-20(26-3)12-7-18)16-17-5-10-22(27-4)15-23(17)28-21-13-8-19(25)9-14-21/h5-15,25H,16H2,1-4H3. The van der Waals surface area contributed by atoms with Crippen LogP contribution in [0.25, 0.3) is 0 Å². The highest BCUT2D eigenvalue weighted by Gasteiger charge is 2.23. The molecule has 0 radical (unpaired) electrons. The Hall–Kier alpha value is -3.14. The first-order chi connectivity index (χ1) is 13.4. The van der Waals surface area contributed by atoms with Gasteiger partial charge in [0.1, 0.15) is 28.7 Å². The molecular weight excluding hydrogens is 352 g/mol. The molecule has 0 aliphatic rings. The number of phenols is 1. The molecule has 3 rings (SSSR count). The van der Waals surface area contributed by atoms with Gasteiger partial charge in [-0.15, -0.1) is 0 Å². The van der Waals surface area contributed by atoms with E-state index in [1.807, 2.05) is 30.3 Å². The van der Waals surface area contributed by atoms with Gasteiger partial charge < -0.3 is 19.3 Å². The number of ether oxygens (including phenoxy) is 3. The summed E-state index contributed by atoms with van der Waals surface area (Å²) in [7, 11) is 3.31. The highest BCUT2D eigenvalue weighted by Crippen LogP contribution is 2.36. The zero-order valence-corrected chi connectivity index (χ0v) is 16.7. The quantitative estimate of drug-likeness (QED) is 0.571. The van der Waals surface area contributed by atoms with Crippen LogP contribution in [-0.4, -0.2) is 19.3 Å². The van der Waals surface area contributed by atoms with Crippen molar-refractivity contribution in [2.75, 3.05) is 14.2 Å². The molecule has 0 saturated heterocycles. The largest absolute Gasteiger partial charge is 0.508 e. The summed E-state index contributed by atoms with van der Waals surface area (Å²) in [5, 5.41) is 9.49. The topological polar surface area (TPSA) is 47.9 Å². The number of hydrogen-bond donors (Lipinski definition) is 1. The lowest BCUT2D eigenvalue weighted by Crippen LogP contribution is -2.20. The van der Waals surface area contributed by atoms with Crippen LogP contribution < -0.4 is 14.2 Å². The van der Waals surface area contributed by atoms with E-state index >= 15 is 0 Å². The summed E-state index contributed by atoms with van der Waals surface area (Å²) in [6, 6.07) is 20.8. The fourth-order valence-electron chi connectivity index (χ4n) is 3.16. The molecule has 1 N–H and O–H groups in total. The molecule has 0 amide bonds. The second kappa shape index (κ2) is 8.26.